The van der Waals surface area contributed by atoms with E-state index in [-0.39, 0.29) is 46.4 Å². The summed E-state index contributed by atoms with van der Waals surface area (Å²) < 4.78 is 30.9. The molecule has 0 saturated carbocycles. The zero-order valence-corrected chi connectivity index (χ0v) is 16.9. The summed E-state index contributed by atoms with van der Waals surface area (Å²) in [5.74, 6) is 0.122. The molecule has 1 saturated heterocycles. The molecule has 1 fully saturated rings. The molecule has 8 nitrogen and oxygen atoms in total. The van der Waals surface area contributed by atoms with Crippen LogP contribution in [0.3, 0.4) is 0 Å². The fraction of sp³-hybridized carbons (Fsp3) is 0.389. The maximum Gasteiger partial charge on any atom is 0.271 e. The molecular weight excluding hydrogens is 408 g/mol. The van der Waals surface area contributed by atoms with Gasteiger partial charge in [0.1, 0.15) is 5.75 Å². The number of nitro benzene ring substituents is 1. The van der Waals surface area contributed by atoms with Gasteiger partial charge in [0.2, 0.25) is 5.78 Å². The minimum absolute atomic E-state index is 0.0450. The van der Waals surface area contributed by atoms with Crippen molar-refractivity contribution in [2.75, 3.05) is 18.1 Å². The fourth-order valence-corrected chi connectivity index (χ4v) is 5.47. The molecule has 0 N–H and O–H groups in total. The molecule has 28 heavy (non-hydrogen) atoms. The van der Waals surface area contributed by atoms with Crippen molar-refractivity contribution >= 4 is 32.9 Å². The molecule has 1 aromatic carbocycles. The Morgan fingerprint density at radius 1 is 1.36 bits per heavy atom. The van der Waals surface area contributed by atoms with Gasteiger partial charge in [-0.15, -0.1) is 0 Å². The Balaban J connectivity index is 1.75. The van der Waals surface area contributed by atoms with E-state index < -0.39 is 14.8 Å². The molecule has 1 atom stereocenters. The molecule has 3 rings (SSSR count). The Kier molecular flexibility index (Phi) is 5.49. The second-order valence-electron chi connectivity index (χ2n) is 6.80. The molecule has 1 unspecified atom stereocenters. The van der Waals surface area contributed by atoms with Crippen LogP contribution in [0, 0.1) is 24.0 Å². The van der Waals surface area contributed by atoms with Crippen molar-refractivity contribution in [1.29, 1.82) is 0 Å². The van der Waals surface area contributed by atoms with Crippen molar-refractivity contribution in [2.24, 2.45) is 0 Å². The minimum atomic E-state index is -3.04. The van der Waals surface area contributed by atoms with Crippen LogP contribution in [-0.4, -0.2) is 41.8 Å². The third-order valence-electron chi connectivity index (χ3n) is 4.84. The molecule has 0 spiro atoms. The zero-order chi connectivity index (χ0) is 20.6. The smallest absolute Gasteiger partial charge is 0.271 e. The second kappa shape index (κ2) is 7.56. The Bertz CT molecular complexity index is 1060. The predicted molar refractivity (Wildman–Crippen MR) is 104 cm³/mol. The number of hydrogen-bond donors (Lipinski definition) is 0. The van der Waals surface area contributed by atoms with Gasteiger partial charge >= 0.3 is 0 Å². The largest absolute Gasteiger partial charge is 0.484 e. The molecule has 1 aromatic heterocycles. The molecule has 1 aliphatic rings. The van der Waals surface area contributed by atoms with Crippen molar-refractivity contribution in [3.63, 3.8) is 0 Å². The van der Waals surface area contributed by atoms with E-state index in [0.29, 0.717) is 17.7 Å². The van der Waals surface area contributed by atoms with Crippen LogP contribution < -0.4 is 4.74 Å². The fourth-order valence-electron chi connectivity index (χ4n) is 3.54. The van der Waals surface area contributed by atoms with Gasteiger partial charge in [-0.05, 0) is 32.4 Å². The first-order valence-corrected chi connectivity index (χ1v) is 10.8. The van der Waals surface area contributed by atoms with Crippen molar-refractivity contribution < 1.29 is 22.9 Å². The molecule has 0 aliphatic carbocycles. The highest BCUT2D eigenvalue weighted by Gasteiger charge is 2.31. The molecule has 0 amide bonds. The normalized spacial score (nSPS) is 18.2. The van der Waals surface area contributed by atoms with Gasteiger partial charge in [-0.1, -0.05) is 11.6 Å². The SMILES string of the molecule is Cc1cc(C(=O)COc2ccc([N+](=O)[O-])cc2Cl)c(C)n1C1CCS(=O)(=O)C1. The number of ether oxygens (including phenoxy) is 1. The van der Waals surface area contributed by atoms with Gasteiger partial charge in [0.15, 0.2) is 16.4 Å². The van der Waals surface area contributed by atoms with Crippen LogP contribution in [0.5, 0.6) is 5.75 Å². The van der Waals surface area contributed by atoms with Gasteiger partial charge in [0.25, 0.3) is 5.69 Å². The zero-order valence-electron chi connectivity index (χ0n) is 15.3. The molecule has 0 radical (unpaired) electrons. The molecular formula is C18H19ClN2O6S. The number of aryl methyl sites for hydroxylation is 1. The van der Waals surface area contributed by atoms with Gasteiger partial charge in [-0.3, -0.25) is 14.9 Å². The van der Waals surface area contributed by atoms with E-state index in [1.54, 1.807) is 13.0 Å². The lowest BCUT2D eigenvalue weighted by molar-refractivity contribution is -0.384. The quantitative estimate of drug-likeness (QED) is 0.398. The van der Waals surface area contributed by atoms with Crippen LogP contribution in [0.15, 0.2) is 24.3 Å². The maximum absolute atomic E-state index is 12.6. The molecule has 10 heteroatoms. The summed E-state index contributed by atoms with van der Waals surface area (Å²) >= 11 is 5.97. The van der Waals surface area contributed by atoms with Crippen molar-refractivity contribution in [3.8, 4) is 5.75 Å². The first-order chi connectivity index (χ1) is 13.1. The second-order valence-corrected chi connectivity index (χ2v) is 9.43. The monoisotopic (exact) mass is 426 g/mol. The van der Waals surface area contributed by atoms with Crippen LogP contribution >= 0.6 is 11.6 Å². The van der Waals surface area contributed by atoms with Gasteiger partial charge < -0.3 is 9.30 Å². The first-order valence-electron chi connectivity index (χ1n) is 8.58. The molecule has 150 valence electrons. The van der Waals surface area contributed by atoms with E-state index in [1.807, 2.05) is 11.5 Å². The van der Waals surface area contributed by atoms with Gasteiger partial charge in [0.05, 0.1) is 21.5 Å². The summed E-state index contributed by atoms with van der Waals surface area (Å²) in [4.78, 5) is 22.8. The molecule has 0 bridgehead atoms. The third kappa shape index (κ3) is 4.05. The lowest BCUT2D eigenvalue weighted by Crippen LogP contribution is -2.16. The number of carbonyl (C=O) groups is 1. The number of rotatable bonds is 6. The van der Waals surface area contributed by atoms with E-state index >= 15 is 0 Å². The highest BCUT2D eigenvalue weighted by Crippen LogP contribution is 2.31. The van der Waals surface area contributed by atoms with E-state index in [1.165, 1.54) is 12.1 Å². The number of ketones is 1. The lowest BCUT2D eigenvalue weighted by Gasteiger charge is -2.16. The average Bonchev–Trinajstić information content (AvgIpc) is 3.11. The number of Topliss-reactive ketones (excluding diaryl/α,β-unsaturated/α-hetero) is 1. The first kappa shape index (κ1) is 20.3. The third-order valence-corrected chi connectivity index (χ3v) is 6.89. The number of nitrogens with zero attached hydrogens (tertiary/aromatic N) is 2. The average molecular weight is 427 g/mol. The number of sulfone groups is 1. The Morgan fingerprint density at radius 2 is 2.07 bits per heavy atom. The summed E-state index contributed by atoms with van der Waals surface area (Å²) in [6.07, 6.45) is 0.529. The highest BCUT2D eigenvalue weighted by molar-refractivity contribution is 7.91. The van der Waals surface area contributed by atoms with Crippen LogP contribution in [-0.2, 0) is 9.84 Å². The van der Waals surface area contributed by atoms with Crippen LogP contribution in [0.1, 0.15) is 34.2 Å². The van der Waals surface area contributed by atoms with Crippen LogP contribution in [0.2, 0.25) is 5.02 Å². The molecule has 2 aromatic rings. The Labute approximate surface area is 167 Å². The number of aromatic nitrogens is 1. The van der Waals surface area contributed by atoms with Gasteiger partial charge in [-0.2, -0.15) is 0 Å². The van der Waals surface area contributed by atoms with E-state index in [0.717, 1.165) is 11.8 Å². The van der Waals surface area contributed by atoms with Gasteiger partial charge in [0, 0.05) is 35.1 Å². The standard InChI is InChI=1S/C18H19ClN2O6S/c1-11-7-15(12(2)20(11)14-5-6-28(25,26)10-14)17(22)9-27-18-4-3-13(21(23)24)8-16(18)19/h3-4,7-8,14H,5-6,9-10H2,1-2H3. The molecule has 2 heterocycles. The van der Waals surface area contributed by atoms with Crippen LogP contribution in [0.25, 0.3) is 0 Å². The molecule has 1 aliphatic heterocycles. The summed E-state index contributed by atoms with van der Waals surface area (Å²) in [6.45, 7) is 3.33. The number of carbonyl (C=O) groups excluding carboxylic acids is 1. The topological polar surface area (TPSA) is 109 Å². The number of nitro groups is 1. The minimum Gasteiger partial charge on any atom is -0.484 e. The number of non-ortho nitro benzene ring substituents is 1. The summed E-state index contributed by atoms with van der Waals surface area (Å²) in [5, 5.41) is 10.8. The van der Waals surface area contributed by atoms with E-state index in [4.69, 9.17) is 16.3 Å². The van der Waals surface area contributed by atoms with Crippen molar-refractivity contribution in [2.45, 2.75) is 26.3 Å². The summed E-state index contributed by atoms with van der Waals surface area (Å²) in [5.41, 5.74) is 1.80. The Hall–Kier alpha value is -2.39. The number of hydrogen-bond acceptors (Lipinski definition) is 6. The maximum atomic E-state index is 12.6. The van der Waals surface area contributed by atoms with Gasteiger partial charge in [-0.25, -0.2) is 8.42 Å². The van der Waals surface area contributed by atoms with Crippen LogP contribution in [0.4, 0.5) is 5.69 Å². The summed E-state index contributed by atoms with van der Waals surface area (Å²) in [7, 11) is -3.04. The van der Waals surface area contributed by atoms with E-state index in [9.17, 15) is 23.3 Å². The predicted octanol–water partition coefficient (Wildman–Crippen LogP) is 3.29. The lowest BCUT2D eigenvalue weighted by atomic mass is 10.1. The highest BCUT2D eigenvalue weighted by atomic mass is 35.5. The Morgan fingerprint density at radius 3 is 2.64 bits per heavy atom. The summed E-state index contributed by atoms with van der Waals surface area (Å²) in [6, 6.07) is 5.31. The van der Waals surface area contributed by atoms with Crippen molar-refractivity contribution in [3.05, 3.63) is 56.4 Å². The number of halogens is 1. The van der Waals surface area contributed by atoms with Crippen molar-refractivity contribution in [1.82, 2.24) is 4.57 Å². The van der Waals surface area contributed by atoms with E-state index in [2.05, 4.69) is 0 Å². The number of benzene rings is 1.